The molecule has 3 rings (SSSR count). The third kappa shape index (κ3) is 5.01. The molecule has 0 aromatic heterocycles. The minimum Gasteiger partial charge on any atom is -0.462 e. The maximum Gasteiger partial charge on any atom is 0.338 e. The smallest absolute Gasteiger partial charge is 0.338 e. The van der Waals surface area contributed by atoms with Gasteiger partial charge in [0, 0.05) is 0 Å². The number of carbonyl (C=O) groups excluding carboxylic acids is 1. The van der Waals surface area contributed by atoms with Gasteiger partial charge in [-0.2, -0.15) is 0 Å². The van der Waals surface area contributed by atoms with Crippen LogP contribution >= 0.6 is 0 Å². The summed E-state index contributed by atoms with van der Waals surface area (Å²) in [5.41, 5.74) is 8.67. The van der Waals surface area contributed by atoms with Crippen LogP contribution in [-0.4, -0.2) is 12.6 Å². The van der Waals surface area contributed by atoms with Gasteiger partial charge in [-0.15, -0.1) is 0 Å². The summed E-state index contributed by atoms with van der Waals surface area (Å²) in [6.07, 6.45) is 6.76. The molecule has 0 saturated carbocycles. The maximum absolute atomic E-state index is 12.0. The van der Waals surface area contributed by atoms with E-state index >= 15 is 0 Å². The highest BCUT2D eigenvalue weighted by molar-refractivity contribution is 5.90. The van der Waals surface area contributed by atoms with Crippen LogP contribution in [-0.2, 0) is 15.6 Å². The van der Waals surface area contributed by atoms with E-state index in [1.165, 1.54) is 35.1 Å². The van der Waals surface area contributed by atoms with Gasteiger partial charge in [-0.25, -0.2) is 4.79 Å². The Balaban J connectivity index is 1.89. The molecule has 2 heteroatoms. The third-order valence-electron chi connectivity index (χ3n) is 6.72. The summed E-state index contributed by atoms with van der Waals surface area (Å²) in [6, 6.07) is 14.6. The second-order valence-electron chi connectivity index (χ2n) is 10.0. The lowest BCUT2D eigenvalue weighted by Crippen LogP contribution is -2.33. The van der Waals surface area contributed by atoms with Gasteiger partial charge in [0.1, 0.15) is 0 Å². The maximum atomic E-state index is 12.0. The van der Waals surface area contributed by atoms with Crippen molar-refractivity contribution < 1.29 is 9.53 Å². The van der Waals surface area contributed by atoms with E-state index in [9.17, 15) is 4.79 Å². The van der Waals surface area contributed by atoms with E-state index in [4.69, 9.17) is 4.74 Å². The quantitative estimate of drug-likeness (QED) is 0.368. The van der Waals surface area contributed by atoms with Crippen molar-refractivity contribution in [3.05, 3.63) is 82.4 Å². The minimum atomic E-state index is -0.275. The lowest BCUT2D eigenvalue weighted by molar-refractivity contribution is 0.0526. The summed E-state index contributed by atoms with van der Waals surface area (Å²) in [5.74, 6) is -0.275. The van der Waals surface area contributed by atoms with Crippen LogP contribution in [0.25, 0.3) is 11.1 Å². The van der Waals surface area contributed by atoms with E-state index in [1.807, 2.05) is 25.1 Å². The summed E-state index contributed by atoms with van der Waals surface area (Å²) in [7, 11) is 0. The molecule has 0 fully saturated rings. The number of rotatable bonds is 5. The van der Waals surface area contributed by atoms with E-state index in [2.05, 4.69) is 71.9 Å². The van der Waals surface area contributed by atoms with E-state index in [0.717, 1.165) is 11.1 Å². The van der Waals surface area contributed by atoms with Crippen LogP contribution in [0.15, 0.2) is 54.6 Å². The standard InChI is InChI=1S/C29H36O2/c1-8-31-27(30)24-11-9-10-22(18-24)20(2)12-13-21(3)23-14-15-25-26(19-23)29(6,7)17-16-28(25,4)5/h9-15,18-19H,8,16-17H2,1-7H3/b20-12?,21-13+. The van der Waals surface area contributed by atoms with Gasteiger partial charge in [-0.3, -0.25) is 0 Å². The Morgan fingerprint density at radius 1 is 0.839 bits per heavy atom. The zero-order chi connectivity index (χ0) is 22.8. The van der Waals surface area contributed by atoms with E-state index in [0.29, 0.717) is 12.2 Å². The van der Waals surface area contributed by atoms with Gasteiger partial charge in [0.2, 0.25) is 0 Å². The molecule has 0 atom stereocenters. The highest BCUT2D eigenvalue weighted by Crippen LogP contribution is 2.46. The summed E-state index contributed by atoms with van der Waals surface area (Å²) in [5, 5.41) is 0. The molecule has 1 aliphatic rings. The largest absolute Gasteiger partial charge is 0.462 e. The Hall–Kier alpha value is -2.61. The molecule has 2 nitrogen and oxygen atoms in total. The van der Waals surface area contributed by atoms with Crippen LogP contribution in [0.4, 0.5) is 0 Å². The first kappa shape index (κ1) is 23.1. The molecule has 0 amide bonds. The summed E-state index contributed by atoms with van der Waals surface area (Å²) >= 11 is 0. The van der Waals surface area contributed by atoms with Crippen molar-refractivity contribution in [1.29, 1.82) is 0 Å². The SMILES string of the molecule is CCOC(=O)c1cccc(C(C)=C/C=C(\C)c2ccc3c(c2)C(C)(C)CCC3(C)C)c1. The predicted octanol–water partition coefficient (Wildman–Crippen LogP) is 7.72. The van der Waals surface area contributed by atoms with Crippen molar-refractivity contribution in [3.63, 3.8) is 0 Å². The Labute approximate surface area is 188 Å². The van der Waals surface area contributed by atoms with Crippen molar-refractivity contribution in [1.82, 2.24) is 0 Å². The molecule has 0 N–H and O–H groups in total. The molecule has 0 saturated heterocycles. The molecular formula is C29H36O2. The molecular weight excluding hydrogens is 380 g/mol. The second-order valence-corrected chi connectivity index (χ2v) is 10.0. The van der Waals surface area contributed by atoms with Crippen LogP contribution in [0.3, 0.4) is 0 Å². The van der Waals surface area contributed by atoms with Gasteiger partial charge in [0.25, 0.3) is 0 Å². The average Bonchev–Trinajstić information content (AvgIpc) is 2.75. The van der Waals surface area contributed by atoms with Crippen molar-refractivity contribution >= 4 is 17.1 Å². The number of allylic oxidation sites excluding steroid dienone is 4. The molecule has 31 heavy (non-hydrogen) atoms. The number of hydrogen-bond donors (Lipinski definition) is 0. The zero-order valence-electron chi connectivity index (χ0n) is 20.1. The van der Waals surface area contributed by atoms with Crippen molar-refractivity contribution in [3.8, 4) is 0 Å². The second kappa shape index (κ2) is 8.86. The minimum absolute atomic E-state index is 0.209. The van der Waals surface area contributed by atoms with Gasteiger partial charge >= 0.3 is 5.97 Å². The summed E-state index contributed by atoms with van der Waals surface area (Å²) < 4.78 is 5.13. The van der Waals surface area contributed by atoms with E-state index in [-0.39, 0.29) is 16.8 Å². The molecule has 0 bridgehead atoms. The van der Waals surface area contributed by atoms with Crippen LogP contribution < -0.4 is 0 Å². The van der Waals surface area contributed by atoms with Gasteiger partial charge in [0.15, 0.2) is 0 Å². The number of benzene rings is 2. The van der Waals surface area contributed by atoms with Crippen molar-refractivity contribution in [2.75, 3.05) is 6.61 Å². The van der Waals surface area contributed by atoms with Crippen LogP contribution in [0.5, 0.6) is 0 Å². The van der Waals surface area contributed by atoms with Gasteiger partial charge in [-0.1, -0.05) is 70.2 Å². The molecule has 164 valence electrons. The first-order valence-electron chi connectivity index (χ1n) is 11.3. The van der Waals surface area contributed by atoms with E-state index in [1.54, 1.807) is 6.07 Å². The number of esters is 1. The third-order valence-corrected chi connectivity index (χ3v) is 6.72. The van der Waals surface area contributed by atoms with Crippen molar-refractivity contribution in [2.24, 2.45) is 0 Å². The lowest BCUT2D eigenvalue weighted by atomic mass is 9.63. The van der Waals surface area contributed by atoms with Gasteiger partial charge in [-0.05, 0) is 90.0 Å². The normalized spacial score (nSPS) is 17.8. The van der Waals surface area contributed by atoms with Crippen LogP contribution in [0.2, 0.25) is 0 Å². The fourth-order valence-corrected chi connectivity index (χ4v) is 4.38. The number of carbonyl (C=O) groups is 1. The Morgan fingerprint density at radius 3 is 2.00 bits per heavy atom. The topological polar surface area (TPSA) is 26.3 Å². The number of hydrogen-bond acceptors (Lipinski definition) is 2. The van der Waals surface area contributed by atoms with E-state index < -0.39 is 0 Å². The highest BCUT2D eigenvalue weighted by atomic mass is 16.5. The Morgan fingerprint density at radius 2 is 1.39 bits per heavy atom. The molecule has 0 unspecified atom stereocenters. The average molecular weight is 417 g/mol. The summed E-state index contributed by atoms with van der Waals surface area (Å²) in [6.45, 7) is 15.9. The number of ether oxygens (including phenoxy) is 1. The van der Waals surface area contributed by atoms with Crippen LogP contribution in [0.1, 0.15) is 93.9 Å². The molecule has 0 aliphatic heterocycles. The Bertz CT molecular complexity index is 1030. The lowest BCUT2D eigenvalue weighted by Gasteiger charge is -2.42. The van der Waals surface area contributed by atoms with Crippen LogP contribution in [0, 0.1) is 0 Å². The van der Waals surface area contributed by atoms with Crippen molar-refractivity contribution in [2.45, 2.75) is 72.1 Å². The zero-order valence-corrected chi connectivity index (χ0v) is 20.1. The molecule has 2 aromatic rings. The monoisotopic (exact) mass is 416 g/mol. The molecule has 0 radical (unpaired) electrons. The Kier molecular flexibility index (Phi) is 6.59. The summed E-state index contributed by atoms with van der Waals surface area (Å²) in [4.78, 5) is 12.0. The van der Waals surface area contributed by atoms with Gasteiger partial charge in [0.05, 0.1) is 12.2 Å². The first-order chi connectivity index (χ1) is 14.5. The predicted molar refractivity (Wildman–Crippen MR) is 131 cm³/mol. The molecule has 2 aromatic carbocycles. The molecule has 1 aliphatic carbocycles. The first-order valence-corrected chi connectivity index (χ1v) is 11.3. The fourth-order valence-electron chi connectivity index (χ4n) is 4.38. The number of fused-ring (bicyclic) bond motifs is 1. The molecule has 0 spiro atoms. The van der Waals surface area contributed by atoms with Gasteiger partial charge < -0.3 is 4.74 Å². The molecule has 0 heterocycles. The highest BCUT2D eigenvalue weighted by Gasteiger charge is 2.36. The fraction of sp³-hybridized carbons (Fsp3) is 0.414.